The lowest BCUT2D eigenvalue weighted by molar-refractivity contribution is 0.147. The van der Waals surface area contributed by atoms with Gasteiger partial charge in [0.15, 0.2) is 11.6 Å². The number of alkyl halides is 6. The molecule has 2 rings (SSSR count). The highest BCUT2D eigenvalue weighted by atomic mass is 35.6. The fourth-order valence-electron chi connectivity index (χ4n) is 1.26. The molecule has 2 aromatic heterocycles. The average Bonchev–Trinajstić information content (AvgIpc) is 2.46. The molecule has 0 saturated carbocycles. The van der Waals surface area contributed by atoms with Crippen molar-refractivity contribution in [1.29, 1.82) is 0 Å². The maximum absolute atomic E-state index is 11.7. The largest absolute Gasteiger partial charge is 0.522 e. The fraction of sp³-hybridized carbons (Fsp3) is 0.182. The number of hydrogen-bond donors (Lipinski definition) is 0. The zero-order valence-corrected chi connectivity index (χ0v) is 15.6. The Balaban J connectivity index is 2.09. The van der Waals surface area contributed by atoms with E-state index in [0.29, 0.717) is 0 Å². The minimum atomic E-state index is -1.88. The Morgan fingerprint density at radius 3 is 1.50 bits per heavy atom. The van der Waals surface area contributed by atoms with Crippen molar-refractivity contribution in [3.63, 3.8) is 0 Å². The summed E-state index contributed by atoms with van der Waals surface area (Å²) in [7, 11) is 0. The van der Waals surface area contributed by atoms with Gasteiger partial charge < -0.3 is 9.47 Å². The number of nitrogens with zero attached hydrogens (tertiary/aromatic N) is 4. The molecule has 0 aromatic carbocycles. The van der Waals surface area contributed by atoms with Crippen molar-refractivity contribution in [2.45, 2.75) is 7.59 Å². The summed E-state index contributed by atoms with van der Waals surface area (Å²) < 4.78 is 5.90. The lowest BCUT2D eigenvalue weighted by atomic mass is 10.5. The lowest BCUT2D eigenvalue weighted by Crippen LogP contribution is -2.18. The number of ether oxygens (including phenoxy) is 2. The van der Waals surface area contributed by atoms with Crippen LogP contribution in [-0.4, -0.2) is 26.1 Å². The molecule has 0 saturated heterocycles. The third-order valence-corrected chi connectivity index (χ3v) is 3.16. The first-order chi connectivity index (χ1) is 11.1. The molecule has 0 amide bonds. The second kappa shape index (κ2) is 7.59. The van der Waals surface area contributed by atoms with Crippen LogP contribution in [0.15, 0.2) is 24.5 Å². The van der Waals surface area contributed by atoms with Gasteiger partial charge in [-0.05, 0) is 0 Å². The molecule has 2 heterocycles. The second-order valence-electron chi connectivity index (χ2n) is 3.89. The molecule has 7 nitrogen and oxygen atoms in total. The van der Waals surface area contributed by atoms with E-state index in [-0.39, 0.29) is 23.4 Å². The molecule has 0 spiro atoms. The number of rotatable bonds is 2. The smallest absolute Gasteiger partial charge is 0.375 e. The van der Waals surface area contributed by atoms with E-state index in [4.69, 9.17) is 79.1 Å². The molecule has 0 bridgehead atoms. The Hall–Kier alpha value is -0.830. The van der Waals surface area contributed by atoms with Crippen LogP contribution in [0.3, 0.4) is 0 Å². The number of hydrogen-bond acceptors (Lipinski definition) is 7. The van der Waals surface area contributed by atoms with Gasteiger partial charge in [0.05, 0.1) is 0 Å². The zero-order chi connectivity index (χ0) is 18.0. The standard InChI is InChI=1S/C11H4Cl6N4O3/c12-10(13,14)7-18-3-1-5(20-7)23-9(22)24-6-2-4-19-8(21-6)11(15,16)17/h1-4H. The van der Waals surface area contributed by atoms with Gasteiger partial charge in [-0.1, -0.05) is 69.6 Å². The summed E-state index contributed by atoms with van der Waals surface area (Å²) in [5.41, 5.74) is 0. The molecule has 2 aromatic rings. The van der Waals surface area contributed by atoms with Gasteiger partial charge in [-0.15, -0.1) is 0 Å². The molecule has 0 aliphatic carbocycles. The van der Waals surface area contributed by atoms with Crippen molar-refractivity contribution < 1.29 is 14.3 Å². The van der Waals surface area contributed by atoms with Crippen molar-refractivity contribution >= 4 is 75.8 Å². The van der Waals surface area contributed by atoms with E-state index in [1.165, 1.54) is 24.5 Å². The van der Waals surface area contributed by atoms with Crippen LogP contribution >= 0.6 is 69.6 Å². The Kier molecular flexibility index (Phi) is 6.17. The minimum Gasteiger partial charge on any atom is -0.375 e. The highest BCUT2D eigenvalue weighted by Gasteiger charge is 2.28. The van der Waals surface area contributed by atoms with Gasteiger partial charge in [0.25, 0.3) is 0 Å². The van der Waals surface area contributed by atoms with E-state index in [0.717, 1.165) is 0 Å². The van der Waals surface area contributed by atoms with E-state index < -0.39 is 13.7 Å². The molecule has 13 heteroatoms. The van der Waals surface area contributed by atoms with Gasteiger partial charge in [-0.25, -0.2) is 14.8 Å². The summed E-state index contributed by atoms with van der Waals surface area (Å²) in [5.74, 6) is -0.768. The van der Waals surface area contributed by atoms with Crippen molar-refractivity contribution in [1.82, 2.24) is 19.9 Å². The average molecular weight is 453 g/mol. The SMILES string of the molecule is O=C(Oc1ccnc(C(Cl)(Cl)Cl)n1)Oc1ccnc(C(Cl)(Cl)Cl)n1. The fourth-order valence-corrected chi connectivity index (χ4v) is 1.81. The van der Waals surface area contributed by atoms with Gasteiger partial charge in [0.1, 0.15) is 0 Å². The first kappa shape index (κ1) is 19.5. The van der Waals surface area contributed by atoms with Crippen LogP contribution in [0.25, 0.3) is 0 Å². The van der Waals surface area contributed by atoms with Crippen LogP contribution in [-0.2, 0) is 7.59 Å². The van der Waals surface area contributed by atoms with E-state index in [1.807, 2.05) is 0 Å². The quantitative estimate of drug-likeness (QED) is 0.489. The van der Waals surface area contributed by atoms with E-state index in [2.05, 4.69) is 19.9 Å². The van der Waals surface area contributed by atoms with E-state index in [9.17, 15) is 4.79 Å². The summed E-state index contributed by atoms with van der Waals surface area (Å²) in [6.07, 6.45) is 1.30. The minimum absolute atomic E-state index is 0.182. The molecule has 0 aliphatic heterocycles. The third-order valence-electron chi connectivity index (χ3n) is 2.14. The Morgan fingerprint density at radius 1 is 0.792 bits per heavy atom. The van der Waals surface area contributed by atoms with Crippen LogP contribution < -0.4 is 9.47 Å². The summed E-state index contributed by atoms with van der Waals surface area (Å²) in [6.45, 7) is 0. The maximum Gasteiger partial charge on any atom is 0.522 e. The Labute approximate surface area is 165 Å². The Bertz CT molecular complexity index is 688. The summed E-state index contributed by atoms with van der Waals surface area (Å²) in [4.78, 5) is 26.7. The van der Waals surface area contributed by atoms with Crippen LogP contribution in [0, 0.1) is 0 Å². The Morgan fingerprint density at radius 2 is 1.17 bits per heavy atom. The highest BCUT2D eigenvalue weighted by molar-refractivity contribution is 6.66. The predicted molar refractivity (Wildman–Crippen MR) is 89.2 cm³/mol. The summed E-state index contributed by atoms with van der Waals surface area (Å²) in [6, 6.07) is 2.52. The van der Waals surface area contributed by atoms with E-state index >= 15 is 0 Å². The summed E-state index contributed by atoms with van der Waals surface area (Å²) in [5, 5.41) is 0. The van der Waals surface area contributed by atoms with Crippen LogP contribution in [0.5, 0.6) is 11.8 Å². The van der Waals surface area contributed by atoms with Gasteiger partial charge in [-0.2, -0.15) is 9.97 Å². The number of aromatic nitrogens is 4. The molecule has 0 N–H and O–H groups in total. The van der Waals surface area contributed by atoms with E-state index in [1.54, 1.807) is 0 Å². The molecule has 0 atom stereocenters. The van der Waals surface area contributed by atoms with Gasteiger partial charge >= 0.3 is 6.16 Å². The zero-order valence-electron chi connectivity index (χ0n) is 11.1. The third kappa shape index (κ3) is 5.61. The van der Waals surface area contributed by atoms with Gasteiger partial charge in [0, 0.05) is 24.5 Å². The summed E-state index contributed by atoms with van der Waals surface area (Å²) >= 11 is 33.8. The van der Waals surface area contributed by atoms with Crippen molar-refractivity contribution in [3.05, 3.63) is 36.2 Å². The molecule has 24 heavy (non-hydrogen) atoms. The van der Waals surface area contributed by atoms with Gasteiger partial charge in [-0.3, -0.25) is 0 Å². The first-order valence-corrected chi connectivity index (χ1v) is 8.02. The molecule has 0 unspecified atom stereocenters. The molecular weight excluding hydrogens is 449 g/mol. The van der Waals surface area contributed by atoms with Crippen molar-refractivity contribution in [3.8, 4) is 11.8 Å². The highest BCUT2D eigenvalue weighted by Crippen LogP contribution is 2.37. The number of carbonyl (C=O) groups is 1. The normalized spacial score (nSPS) is 11.9. The lowest BCUT2D eigenvalue weighted by Gasteiger charge is -2.11. The van der Waals surface area contributed by atoms with Gasteiger partial charge in [0.2, 0.25) is 19.3 Å². The topological polar surface area (TPSA) is 87.1 Å². The predicted octanol–water partition coefficient (Wildman–Crippen LogP) is 4.50. The molecule has 0 fully saturated rings. The molecule has 0 aliphatic rings. The monoisotopic (exact) mass is 450 g/mol. The van der Waals surface area contributed by atoms with Crippen LogP contribution in [0.4, 0.5) is 4.79 Å². The first-order valence-electron chi connectivity index (χ1n) is 5.76. The maximum atomic E-state index is 11.7. The van der Waals surface area contributed by atoms with Crippen LogP contribution in [0.2, 0.25) is 0 Å². The number of halogens is 6. The number of carbonyl (C=O) groups excluding carboxylic acids is 1. The molecule has 0 radical (unpaired) electrons. The van der Waals surface area contributed by atoms with Crippen molar-refractivity contribution in [2.75, 3.05) is 0 Å². The molecular formula is C11H4Cl6N4O3. The molecule has 128 valence electrons. The van der Waals surface area contributed by atoms with Crippen LogP contribution in [0.1, 0.15) is 11.6 Å². The van der Waals surface area contributed by atoms with Crippen molar-refractivity contribution in [2.24, 2.45) is 0 Å². The second-order valence-corrected chi connectivity index (χ2v) is 8.45.